The van der Waals surface area contributed by atoms with Gasteiger partial charge in [-0.3, -0.25) is 0 Å². The third kappa shape index (κ3) is 4.21. The molecule has 2 N–H and O–H groups in total. The van der Waals surface area contributed by atoms with Crippen molar-refractivity contribution in [3.8, 4) is 0 Å². The van der Waals surface area contributed by atoms with Gasteiger partial charge in [0.2, 0.25) is 0 Å². The van der Waals surface area contributed by atoms with E-state index in [1.54, 1.807) is 12.4 Å². The standard InChI is InChI=1S/C21H26ClN5O3S/c22-18-16(1-5-23-20(18)27-10-14(29)11-27)31-17-9-24-19(15(12-28)25-17)26-6-2-21(3-7-26)4-8-30-13-21/h1,5,9,14,28-29H,2-4,6-8,10-13H2. The number of aliphatic hydroxyl groups excluding tert-OH is 2. The monoisotopic (exact) mass is 463 g/mol. The van der Waals surface area contributed by atoms with Gasteiger partial charge in [0.1, 0.15) is 16.5 Å². The smallest absolute Gasteiger partial charge is 0.152 e. The summed E-state index contributed by atoms with van der Waals surface area (Å²) in [7, 11) is 0. The van der Waals surface area contributed by atoms with Gasteiger partial charge in [-0.25, -0.2) is 15.0 Å². The van der Waals surface area contributed by atoms with E-state index in [0.717, 1.165) is 56.3 Å². The van der Waals surface area contributed by atoms with E-state index in [-0.39, 0.29) is 12.7 Å². The minimum atomic E-state index is -0.328. The van der Waals surface area contributed by atoms with Gasteiger partial charge in [0.15, 0.2) is 5.82 Å². The van der Waals surface area contributed by atoms with Gasteiger partial charge in [-0.2, -0.15) is 0 Å². The van der Waals surface area contributed by atoms with E-state index in [1.165, 1.54) is 11.8 Å². The number of anilines is 2. The number of hydrogen-bond acceptors (Lipinski definition) is 9. The van der Waals surface area contributed by atoms with Crippen molar-refractivity contribution in [2.45, 2.75) is 41.9 Å². The number of halogens is 1. The average molecular weight is 464 g/mol. The predicted octanol–water partition coefficient (Wildman–Crippen LogP) is 2.36. The van der Waals surface area contributed by atoms with Crippen molar-refractivity contribution in [3.05, 3.63) is 29.2 Å². The molecule has 3 saturated heterocycles. The SMILES string of the molecule is OCc1nc(Sc2ccnc(N3CC(O)C3)c2Cl)cnc1N1CCC2(CCOC2)CC1. The highest BCUT2D eigenvalue weighted by atomic mass is 35.5. The van der Waals surface area contributed by atoms with E-state index < -0.39 is 0 Å². The number of rotatable bonds is 5. The summed E-state index contributed by atoms with van der Waals surface area (Å²) in [6, 6.07) is 1.84. The number of β-amino-alcohol motifs (C(OH)–C–C–N with tert-alkyl or cyclic N) is 1. The molecule has 0 atom stereocenters. The summed E-state index contributed by atoms with van der Waals surface area (Å²) in [5, 5.41) is 20.7. The Labute approximate surface area is 190 Å². The van der Waals surface area contributed by atoms with E-state index in [0.29, 0.717) is 40.1 Å². The molecule has 8 nitrogen and oxygen atoms in total. The lowest BCUT2D eigenvalue weighted by Gasteiger charge is -2.39. The van der Waals surface area contributed by atoms with Gasteiger partial charge in [0, 0.05) is 43.9 Å². The summed E-state index contributed by atoms with van der Waals surface area (Å²) < 4.78 is 5.62. The van der Waals surface area contributed by atoms with Gasteiger partial charge in [0.25, 0.3) is 0 Å². The van der Waals surface area contributed by atoms with E-state index in [1.807, 2.05) is 11.0 Å². The van der Waals surface area contributed by atoms with Gasteiger partial charge in [-0.05, 0) is 30.7 Å². The molecule has 5 rings (SSSR count). The quantitative estimate of drug-likeness (QED) is 0.692. The highest BCUT2D eigenvalue weighted by molar-refractivity contribution is 7.99. The third-order valence-corrected chi connectivity index (χ3v) is 7.92. The summed E-state index contributed by atoms with van der Waals surface area (Å²) in [5.41, 5.74) is 0.904. The van der Waals surface area contributed by atoms with Crippen LogP contribution in [0.15, 0.2) is 28.4 Å². The van der Waals surface area contributed by atoms with Gasteiger partial charge >= 0.3 is 0 Å². The van der Waals surface area contributed by atoms with Crippen molar-refractivity contribution in [1.82, 2.24) is 15.0 Å². The first-order chi connectivity index (χ1) is 15.1. The molecule has 0 aliphatic carbocycles. The fourth-order valence-corrected chi connectivity index (χ4v) is 5.66. The van der Waals surface area contributed by atoms with Crippen LogP contribution in [0.5, 0.6) is 0 Å². The van der Waals surface area contributed by atoms with E-state index in [4.69, 9.17) is 16.3 Å². The Morgan fingerprint density at radius 2 is 1.97 bits per heavy atom. The molecular weight excluding hydrogens is 438 g/mol. The predicted molar refractivity (Wildman–Crippen MR) is 119 cm³/mol. The largest absolute Gasteiger partial charge is 0.390 e. The molecule has 5 heterocycles. The van der Waals surface area contributed by atoms with Crippen LogP contribution in [0.2, 0.25) is 5.02 Å². The van der Waals surface area contributed by atoms with Crippen LogP contribution >= 0.6 is 23.4 Å². The number of aliphatic hydroxyl groups is 2. The maximum absolute atomic E-state index is 9.96. The first kappa shape index (κ1) is 21.2. The van der Waals surface area contributed by atoms with Crippen LogP contribution in [0, 0.1) is 5.41 Å². The van der Waals surface area contributed by atoms with Crippen molar-refractivity contribution >= 4 is 35.0 Å². The van der Waals surface area contributed by atoms with Crippen LogP contribution in [0.25, 0.3) is 0 Å². The number of aromatic nitrogens is 3. The van der Waals surface area contributed by atoms with Gasteiger partial charge in [0.05, 0.1) is 30.5 Å². The van der Waals surface area contributed by atoms with E-state index in [2.05, 4.69) is 19.9 Å². The van der Waals surface area contributed by atoms with E-state index in [9.17, 15) is 10.2 Å². The average Bonchev–Trinajstić information content (AvgIpc) is 3.22. The third-order valence-electron chi connectivity index (χ3n) is 6.47. The Morgan fingerprint density at radius 1 is 1.16 bits per heavy atom. The molecule has 0 bridgehead atoms. The van der Waals surface area contributed by atoms with Crippen LogP contribution in [0.4, 0.5) is 11.6 Å². The molecule has 0 aromatic carbocycles. The van der Waals surface area contributed by atoms with Crippen molar-refractivity contribution in [1.29, 1.82) is 0 Å². The zero-order chi connectivity index (χ0) is 21.4. The summed E-state index contributed by atoms with van der Waals surface area (Å²) in [6.07, 6.45) is 6.42. The summed E-state index contributed by atoms with van der Waals surface area (Å²) in [4.78, 5) is 18.7. The fraction of sp³-hybridized carbons (Fsp3) is 0.571. The van der Waals surface area contributed by atoms with Crippen LogP contribution in [-0.2, 0) is 11.3 Å². The number of hydrogen-bond donors (Lipinski definition) is 2. The molecule has 2 aromatic rings. The molecule has 3 aliphatic heterocycles. The first-order valence-electron chi connectivity index (χ1n) is 10.6. The minimum Gasteiger partial charge on any atom is -0.390 e. The van der Waals surface area contributed by atoms with Crippen molar-refractivity contribution in [2.24, 2.45) is 5.41 Å². The molecular formula is C21H26ClN5O3S. The lowest BCUT2D eigenvalue weighted by molar-refractivity contribution is 0.133. The van der Waals surface area contributed by atoms with Gasteiger partial charge < -0.3 is 24.7 Å². The molecule has 0 amide bonds. The van der Waals surface area contributed by atoms with Crippen LogP contribution in [-0.4, -0.2) is 70.7 Å². The summed E-state index contributed by atoms with van der Waals surface area (Å²) in [5.74, 6) is 1.43. The molecule has 2 aromatic heterocycles. The molecule has 31 heavy (non-hydrogen) atoms. The van der Waals surface area contributed by atoms with Crippen LogP contribution < -0.4 is 9.80 Å². The second-order valence-corrected chi connectivity index (χ2v) is 9.97. The zero-order valence-electron chi connectivity index (χ0n) is 17.2. The van der Waals surface area contributed by atoms with Gasteiger partial charge in [-0.1, -0.05) is 23.4 Å². The Hall–Kier alpha value is -1.65. The highest BCUT2D eigenvalue weighted by Crippen LogP contribution is 2.41. The molecule has 10 heteroatoms. The highest BCUT2D eigenvalue weighted by Gasteiger charge is 2.38. The zero-order valence-corrected chi connectivity index (χ0v) is 18.8. The van der Waals surface area contributed by atoms with E-state index >= 15 is 0 Å². The van der Waals surface area contributed by atoms with Crippen LogP contribution in [0.3, 0.4) is 0 Å². The maximum Gasteiger partial charge on any atom is 0.152 e. The summed E-state index contributed by atoms with van der Waals surface area (Å²) in [6.45, 7) is 4.44. The van der Waals surface area contributed by atoms with Crippen molar-refractivity contribution < 1.29 is 14.9 Å². The Morgan fingerprint density at radius 3 is 2.65 bits per heavy atom. The molecule has 0 radical (unpaired) electrons. The Balaban J connectivity index is 1.31. The lowest BCUT2D eigenvalue weighted by atomic mass is 9.78. The van der Waals surface area contributed by atoms with Crippen molar-refractivity contribution in [2.75, 3.05) is 49.2 Å². The second kappa shape index (κ2) is 8.71. The fourth-order valence-electron chi connectivity index (χ4n) is 4.51. The number of ether oxygens (including phenoxy) is 1. The molecule has 0 saturated carbocycles. The Bertz CT molecular complexity index is 943. The van der Waals surface area contributed by atoms with Crippen molar-refractivity contribution in [3.63, 3.8) is 0 Å². The maximum atomic E-state index is 9.96. The molecule has 3 fully saturated rings. The number of nitrogens with zero attached hydrogens (tertiary/aromatic N) is 5. The molecule has 166 valence electrons. The van der Waals surface area contributed by atoms with Crippen LogP contribution in [0.1, 0.15) is 25.0 Å². The number of piperidine rings is 1. The second-order valence-electron chi connectivity index (χ2n) is 8.53. The Kier molecular flexibility index (Phi) is 5.96. The first-order valence-corrected chi connectivity index (χ1v) is 11.8. The normalized spacial score (nSPS) is 21.0. The molecule has 1 spiro atoms. The molecule has 0 unspecified atom stereocenters. The minimum absolute atomic E-state index is 0.164. The number of pyridine rings is 1. The van der Waals surface area contributed by atoms with Gasteiger partial charge in [-0.15, -0.1) is 0 Å². The molecule has 3 aliphatic rings. The topological polar surface area (TPSA) is 94.8 Å². The lowest BCUT2D eigenvalue weighted by Crippen LogP contribution is -2.51. The summed E-state index contributed by atoms with van der Waals surface area (Å²) >= 11 is 7.98.